The zero-order chi connectivity index (χ0) is 18.0. The number of aromatic nitrogens is 2. The topological polar surface area (TPSA) is 81.6 Å². The van der Waals surface area contributed by atoms with Gasteiger partial charge in [-0.3, -0.25) is 0 Å². The summed E-state index contributed by atoms with van der Waals surface area (Å²) in [5.41, 5.74) is 3.24. The number of hydrogen-bond acceptors (Lipinski definition) is 8. The van der Waals surface area contributed by atoms with Crippen molar-refractivity contribution in [2.75, 3.05) is 19.1 Å². The van der Waals surface area contributed by atoms with E-state index in [0.29, 0.717) is 11.2 Å². The minimum Gasteiger partial charge on any atom is -0.465 e. The number of carbonyl (C=O) groups is 2. The molecule has 0 saturated carbocycles. The predicted octanol–water partition coefficient (Wildman–Crippen LogP) is 2.49. The minimum absolute atomic E-state index is 0.0741. The van der Waals surface area contributed by atoms with Gasteiger partial charge in [-0.05, 0) is 36.8 Å². The van der Waals surface area contributed by atoms with Crippen molar-refractivity contribution >= 4 is 40.4 Å². The molecule has 1 aliphatic heterocycles. The maximum absolute atomic E-state index is 12.4. The molecule has 2 aromatic rings. The SMILES string of the molecule is COC(=O)C1=C(C(=O)OC)N(c2cc3nsnc3cc2C)C=CC=C1. The molecule has 0 fully saturated rings. The molecule has 0 saturated heterocycles. The Balaban J connectivity index is 2.24. The smallest absolute Gasteiger partial charge is 0.355 e. The molecule has 0 unspecified atom stereocenters. The average Bonchev–Trinajstić information content (AvgIpc) is 2.95. The Kier molecular flexibility index (Phi) is 4.62. The zero-order valence-electron chi connectivity index (χ0n) is 13.8. The monoisotopic (exact) mass is 357 g/mol. The van der Waals surface area contributed by atoms with E-state index >= 15 is 0 Å². The average molecular weight is 357 g/mol. The van der Waals surface area contributed by atoms with Crippen LogP contribution in [0.15, 0.2) is 47.8 Å². The van der Waals surface area contributed by atoms with Gasteiger partial charge >= 0.3 is 11.9 Å². The number of methoxy groups -OCH3 is 2. The summed E-state index contributed by atoms with van der Waals surface area (Å²) in [6.45, 7) is 1.90. The lowest BCUT2D eigenvalue weighted by Gasteiger charge is -2.24. The summed E-state index contributed by atoms with van der Waals surface area (Å²) < 4.78 is 18.2. The molecule has 0 bridgehead atoms. The number of ether oxygens (including phenoxy) is 2. The maximum Gasteiger partial charge on any atom is 0.355 e. The molecule has 0 spiro atoms. The summed E-state index contributed by atoms with van der Waals surface area (Å²) in [6, 6.07) is 3.70. The molecule has 0 N–H and O–H groups in total. The van der Waals surface area contributed by atoms with E-state index in [0.717, 1.165) is 22.8 Å². The molecule has 0 amide bonds. The Morgan fingerprint density at radius 2 is 1.72 bits per heavy atom. The molecular formula is C17H15N3O4S. The number of fused-ring (bicyclic) bond motifs is 1. The zero-order valence-corrected chi connectivity index (χ0v) is 14.7. The van der Waals surface area contributed by atoms with E-state index in [4.69, 9.17) is 9.47 Å². The van der Waals surface area contributed by atoms with Crippen LogP contribution >= 0.6 is 11.7 Å². The largest absolute Gasteiger partial charge is 0.465 e. The van der Waals surface area contributed by atoms with Crippen molar-refractivity contribution in [3.63, 3.8) is 0 Å². The first-order chi connectivity index (χ1) is 12.1. The highest BCUT2D eigenvalue weighted by Crippen LogP contribution is 2.31. The molecule has 1 aliphatic rings. The Bertz CT molecular complexity index is 943. The number of anilines is 1. The number of carbonyl (C=O) groups excluding carboxylic acids is 2. The number of esters is 2. The standard InChI is InChI=1S/C17H15N3O4S/c1-10-8-12-13(19-25-18-12)9-14(10)20-7-5-4-6-11(16(21)23-2)15(20)17(22)24-3/h4-9H,1-3H3. The van der Waals surface area contributed by atoms with Crippen molar-refractivity contribution in [3.8, 4) is 0 Å². The molecule has 3 rings (SSSR count). The molecular weight excluding hydrogens is 342 g/mol. The summed E-state index contributed by atoms with van der Waals surface area (Å²) in [7, 11) is 2.53. The summed E-state index contributed by atoms with van der Waals surface area (Å²) in [6.07, 6.45) is 6.59. The van der Waals surface area contributed by atoms with Gasteiger partial charge < -0.3 is 14.4 Å². The fraction of sp³-hybridized carbons (Fsp3) is 0.176. The second kappa shape index (κ2) is 6.86. The summed E-state index contributed by atoms with van der Waals surface area (Å²) in [5.74, 6) is -1.27. The first kappa shape index (κ1) is 16.8. The predicted molar refractivity (Wildman–Crippen MR) is 94.0 cm³/mol. The van der Waals surface area contributed by atoms with Crippen LogP contribution in [0.1, 0.15) is 5.56 Å². The van der Waals surface area contributed by atoms with Crippen molar-refractivity contribution in [2.45, 2.75) is 6.92 Å². The van der Waals surface area contributed by atoms with Gasteiger partial charge in [0.05, 0.1) is 37.2 Å². The highest BCUT2D eigenvalue weighted by Gasteiger charge is 2.28. The molecule has 1 aromatic heterocycles. The van der Waals surface area contributed by atoms with E-state index in [-0.39, 0.29) is 11.3 Å². The van der Waals surface area contributed by atoms with Crippen LogP contribution in [-0.2, 0) is 19.1 Å². The Hall–Kier alpha value is -3.00. The molecule has 0 atom stereocenters. The molecule has 8 heteroatoms. The highest BCUT2D eigenvalue weighted by molar-refractivity contribution is 7.00. The van der Waals surface area contributed by atoms with Crippen molar-refractivity contribution < 1.29 is 19.1 Å². The van der Waals surface area contributed by atoms with Crippen molar-refractivity contribution in [1.29, 1.82) is 0 Å². The second-order valence-corrected chi connectivity index (χ2v) is 5.74. The lowest BCUT2D eigenvalue weighted by molar-refractivity contribution is -0.139. The first-order valence-electron chi connectivity index (χ1n) is 7.34. The lowest BCUT2D eigenvalue weighted by atomic mass is 10.1. The maximum atomic E-state index is 12.4. The second-order valence-electron chi connectivity index (χ2n) is 5.21. The van der Waals surface area contributed by atoms with Crippen LogP contribution in [0.4, 0.5) is 5.69 Å². The first-order valence-corrected chi connectivity index (χ1v) is 8.07. The van der Waals surface area contributed by atoms with E-state index in [1.807, 2.05) is 19.1 Å². The van der Waals surface area contributed by atoms with Gasteiger partial charge in [0.25, 0.3) is 0 Å². The Morgan fingerprint density at radius 3 is 2.40 bits per heavy atom. The molecule has 2 heterocycles. The van der Waals surface area contributed by atoms with Crippen LogP contribution in [0.3, 0.4) is 0 Å². The number of rotatable bonds is 3. The molecule has 1 aromatic carbocycles. The van der Waals surface area contributed by atoms with Gasteiger partial charge in [-0.25, -0.2) is 9.59 Å². The summed E-state index contributed by atoms with van der Waals surface area (Å²) >= 11 is 1.12. The van der Waals surface area contributed by atoms with Crippen LogP contribution in [0.5, 0.6) is 0 Å². The third-order valence-corrected chi connectivity index (χ3v) is 4.28. The van der Waals surface area contributed by atoms with Crippen LogP contribution in [0.25, 0.3) is 11.0 Å². The van der Waals surface area contributed by atoms with Crippen LogP contribution in [0, 0.1) is 6.92 Å². The number of hydrogen-bond donors (Lipinski definition) is 0. The Labute approximate surface area is 148 Å². The number of aryl methyl sites for hydroxylation is 1. The summed E-state index contributed by atoms with van der Waals surface area (Å²) in [5, 5.41) is 0. The molecule has 7 nitrogen and oxygen atoms in total. The van der Waals surface area contributed by atoms with E-state index in [1.54, 1.807) is 23.3 Å². The van der Waals surface area contributed by atoms with Gasteiger partial charge in [0.2, 0.25) is 0 Å². The van der Waals surface area contributed by atoms with Gasteiger partial charge in [0.15, 0.2) is 0 Å². The van der Waals surface area contributed by atoms with Crippen LogP contribution in [0.2, 0.25) is 0 Å². The highest BCUT2D eigenvalue weighted by atomic mass is 32.1. The third-order valence-electron chi connectivity index (χ3n) is 3.72. The number of benzene rings is 1. The van der Waals surface area contributed by atoms with Crippen molar-refractivity contribution in [1.82, 2.24) is 8.75 Å². The van der Waals surface area contributed by atoms with Crippen LogP contribution < -0.4 is 4.90 Å². The van der Waals surface area contributed by atoms with E-state index < -0.39 is 11.9 Å². The fourth-order valence-corrected chi connectivity index (χ4v) is 3.04. The molecule has 128 valence electrons. The number of nitrogens with zero attached hydrogens (tertiary/aromatic N) is 3. The van der Waals surface area contributed by atoms with Gasteiger partial charge in [0, 0.05) is 6.20 Å². The molecule has 0 radical (unpaired) electrons. The van der Waals surface area contributed by atoms with Crippen molar-refractivity contribution in [3.05, 3.63) is 53.4 Å². The van der Waals surface area contributed by atoms with Crippen molar-refractivity contribution in [2.24, 2.45) is 0 Å². The van der Waals surface area contributed by atoms with E-state index in [2.05, 4.69) is 8.75 Å². The van der Waals surface area contributed by atoms with Gasteiger partial charge in [-0.15, -0.1) is 0 Å². The van der Waals surface area contributed by atoms with Gasteiger partial charge in [-0.2, -0.15) is 8.75 Å². The van der Waals surface area contributed by atoms with E-state index in [9.17, 15) is 9.59 Å². The minimum atomic E-state index is -0.646. The fourth-order valence-electron chi connectivity index (χ4n) is 2.54. The molecule has 25 heavy (non-hydrogen) atoms. The van der Waals surface area contributed by atoms with Gasteiger partial charge in [-0.1, -0.05) is 6.08 Å². The van der Waals surface area contributed by atoms with Gasteiger partial charge in [0.1, 0.15) is 16.7 Å². The lowest BCUT2D eigenvalue weighted by Crippen LogP contribution is -2.27. The number of allylic oxidation sites excluding steroid dienone is 2. The molecule has 0 aliphatic carbocycles. The third kappa shape index (κ3) is 3.03. The quantitative estimate of drug-likeness (QED) is 0.781. The van der Waals surface area contributed by atoms with E-state index in [1.165, 1.54) is 20.3 Å². The Morgan fingerprint density at radius 1 is 1.04 bits per heavy atom. The summed E-state index contributed by atoms with van der Waals surface area (Å²) in [4.78, 5) is 26.2. The normalized spacial score (nSPS) is 14.0. The van der Waals surface area contributed by atoms with Crippen LogP contribution in [-0.4, -0.2) is 34.9 Å².